The van der Waals surface area contributed by atoms with Crippen LogP contribution < -0.4 is 5.73 Å². The van der Waals surface area contributed by atoms with Crippen LogP contribution in [0.5, 0.6) is 0 Å². The Morgan fingerprint density at radius 1 is 1.47 bits per heavy atom. The zero-order valence-corrected chi connectivity index (χ0v) is 10.8. The van der Waals surface area contributed by atoms with E-state index in [0.717, 1.165) is 11.1 Å². The normalized spacial score (nSPS) is 24.0. The van der Waals surface area contributed by atoms with Crippen LogP contribution in [0.3, 0.4) is 0 Å². The number of nitrogens with two attached hydrogens (primary N) is 1. The molecule has 0 radical (unpaired) electrons. The molecule has 0 spiro atoms. The van der Waals surface area contributed by atoms with E-state index in [-0.39, 0.29) is 6.54 Å². The fraction of sp³-hybridized carbons (Fsp3) is 0.500. The largest absolute Gasteiger partial charge is 0.329 e. The molecule has 2 N–H and O–H groups in total. The SMILES string of the molecule is Cc1cccc(CN2CC[C@H](CN)S2(=O)=O)c1. The molecular formula is C12H18N2O2S. The average molecular weight is 254 g/mol. The Hall–Kier alpha value is -0.910. The van der Waals surface area contributed by atoms with Gasteiger partial charge in [-0.1, -0.05) is 29.8 Å². The van der Waals surface area contributed by atoms with Gasteiger partial charge in [0.05, 0.1) is 5.25 Å². The van der Waals surface area contributed by atoms with Gasteiger partial charge in [0.2, 0.25) is 10.0 Å². The number of nitrogens with zero attached hydrogens (tertiary/aromatic N) is 1. The number of aryl methyl sites for hydroxylation is 1. The lowest BCUT2D eigenvalue weighted by molar-refractivity contribution is 0.439. The summed E-state index contributed by atoms with van der Waals surface area (Å²) >= 11 is 0. The Balaban J connectivity index is 2.16. The van der Waals surface area contributed by atoms with Gasteiger partial charge < -0.3 is 5.73 Å². The van der Waals surface area contributed by atoms with Crippen LogP contribution in [0.15, 0.2) is 24.3 Å². The number of rotatable bonds is 3. The van der Waals surface area contributed by atoms with Gasteiger partial charge in [0.1, 0.15) is 0 Å². The van der Waals surface area contributed by atoms with Crippen LogP contribution in [0, 0.1) is 6.92 Å². The van der Waals surface area contributed by atoms with E-state index in [1.54, 1.807) is 4.31 Å². The first-order valence-corrected chi connectivity index (χ1v) is 7.29. The fourth-order valence-electron chi connectivity index (χ4n) is 2.20. The van der Waals surface area contributed by atoms with Crippen molar-refractivity contribution in [2.24, 2.45) is 5.73 Å². The van der Waals surface area contributed by atoms with E-state index < -0.39 is 15.3 Å². The third kappa shape index (κ3) is 2.51. The Morgan fingerprint density at radius 3 is 2.82 bits per heavy atom. The summed E-state index contributed by atoms with van der Waals surface area (Å²) in [6.45, 7) is 3.26. The molecule has 1 atom stereocenters. The molecule has 1 aromatic carbocycles. The summed E-state index contributed by atoms with van der Waals surface area (Å²) in [4.78, 5) is 0. The van der Waals surface area contributed by atoms with E-state index in [2.05, 4.69) is 0 Å². The number of hydrogen-bond acceptors (Lipinski definition) is 3. The smallest absolute Gasteiger partial charge is 0.218 e. The van der Waals surface area contributed by atoms with Gasteiger partial charge >= 0.3 is 0 Å². The first kappa shape index (κ1) is 12.5. The molecular weight excluding hydrogens is 236 g/mol. The lowest BCUT2D eigenvalue weighted by atomic mass is 10.1. The molecule has 0 aromatic heterocycles. The van der Waals surface area contributed by atoms with Gasteiger partial charge in [0.25, 0.3) is 0 Å². The molecule has 1 fully saturated rings. The highest BCUT2D eigenvalue weighted by Gasteiger charge is 2.37. The van der Waals surface area contributed by atoms with Crippen molar-refractivity contribution in [2.45, 2.75) is 25.1 Å². The highest BCUT2D eigenvalue weighted by molar-refractivity contribution is 7.90. The Morgan fingerprint density at radius 2 is 2.24 bits per heavy atom. The predicted octanol–water partition coefficient (Wildman–Crippen LogP) is 0.858. The van der Waals surface area contributed by atoms with E-state index >= 15 is 0 Å². The maximum absolute atomic E-state index is 12.1. The van der Waals surface area contributed by atoms with Gasteiger partial charge in [-0.25, -0.2) is 8.42 Å². The van der Waals surface area contributed by atoms with Crippen molar-refractivity contribution in [3.05, 3.63) is 35.4 Å². The van der Waals surface area contributed by atoms with Crippen molar-refractivity contribution in [1.29, 1.82) is 0 Å². The van der Waals surface area contributed by atoms with E-state index in [0.29, 0.717) is 19.5 Å². The molecule has 1 aromatic rings. The minimum Gasteiger partial charge on any atom is -0.329 e. The first-order valence-electron chi connectivity index (χ1n) is 5.78. The maximum Gasteiger partial charge on any atom is 0.218 e. The second-order valence-electron chi connectivity index (χ2n) is 4.51. The molecule has 0 amide bonds. The lowest BCUT2D eigenvalue weighted by Crippen LogP contribution is -2.32. The second kappa shape index (κ2) is 4.76. The molecule has 1 aliphatic rings. The van der Waals surface area contributed by atoms with E-state index in [9.17, 15) is 8.42 Å². The van der Waals surface area contributed by atoms with Crippen LogP contribution in [-0.2, 0) is 16.6 Å². The lowest BCUT2D eigenvalue weighted by Gasteiger charge is -2.16. The predicted molar refractivity (Wildman–Crippen MR) is 68.0 cm³/mol. The van der Waals surface area contributed by atoms with Crippen LogP contribution >= 0.6 is 0 Å². The molecule has 0 aliphatic carbocycles. The summed E-state index contributed by atoms with van der Waals surface area (Å²) in [5, 5.41) is -0.396. The Labute approximate surface area is 102 Å². The van der Waals surface area contributed by atoms with E-state index in [1.807, 2.05) is 31.2 Å². The van der Waals surface area contributed by atoms with Gasteiger partial charge in [0.15, 0.2) is 0 Å². The summed E-state index contributed by atoms with van der Waals surface area (Å²) in [5.74, 6) is 0. The topological polar surface area (TPSA) is 63.4 Å². The zero-order valence-electron chi connectivity index (χ0n) is 9.96. The molecule has 4 nitrogen and oxygen atoms in total. The minimum absolute atomic E-state index is 0.215. The van der Waals surface area contributed by atoms with Gasteiger partial charge in [-0.2, -0.15) is 4.31 Å². The summed E-state index contributed by atoms with van der Waals surface area (Å²) < 4.78 is 25.7. The first-order chi connectivity index (χ1) is 8.04. The van der Waals surface area contributed by atoms with Crippen molar-refractivity contribution in [3.8, 4) is 0 Å². The Bertz CT molecular complexity index is 499. The van der Waals surface area contributed by atoms with E-state index in [1.165, 1.54) is 0 Å². The minimum atomic E-state index is -3.18. The number of hydrogen-bond donors (Lipinski definition) is 1. The molecule has 0 unspecified atom stereocenters. The summed E-state index contributed by atoms with van der Waals surface area (Å²) in [7, 11) is -3.18. The van der Waals surface area contributed by atoms with Crippen LogP contribution in [0.4, 0.5) is 0 Å². The van der Waals surface area contributed by atoms with Gasteiger partial charge in [-0.05, 0) is 18.9 Å². The highest BCUT2D eigenvalue weighted by atomic mass is 32.2. The van der Waals surface area contributed by atoms with Crippen LogP contribution in [0.25, 0.3) is 0 Å². The van der Waals surface area contributed by atoms with Crippen LogP contribution in [-0.4, -0.2) is 31.1 Å². The standard InChI is InChI=1S/C12H18N2O2S/c1-10-3-2-4-11(7-10)9-14-6-5-12(8-13)17(14,15)16/h2-4,7,12H,5-6,8-9,13H2,1H3/t12-/m1/s1. The molecule has 5 heteroatoms. The molecule has 1 heterocycles. The van der Waals surface area contributed by atoms with Gasteiger partial charge in [-0.15, -0.1) is 0 Å². The molecule has 1 aliphatic heterocycles. The van der Waals surface area contributed by atoms with Crippen molar-refractivity contribution < 1.29 is 8.42 Å². The molecule has 1 saturated heterocycles. The van der Waals surface area contributed by atoms with Gasteiger partial charge in [0, 0.05) is 19.6 Å². The quantitative estimate of drug-likeness (QED) is 0.870. The maximum atomic E-state index is 12.1. The Kier molecular flexibility index (Phi) is 3.51. The van der Waals surface area contributed by atoms with Crippen molar-refractivity contribution in [3.63, 3.8) is 0 Å². The number of benzene rings is 1. The summed E-state index contributed by atoms with van der Waals surface area (Å²) in [5.41, 5.74) is 7.66. The van der Waals surface area contributed by atoms with Crippen molar-refractivity contribution in [2.75, 3.05) is 13.1 Å². The zero-order chi connectivity index (χ0) is 12.5. The monoisotopic (exact) mass is 254 g/mol. The molecule has 0 saturated carbocycles. The fourth-order valence-corrected chi connectivity index (χ4v) is 3.95. The third-order valence-corrected chi connectivity index (χ3v) is 5.49. The number of sulfonamides is 1. The highest BCUT2D eigenvalue weighted by Crippen LogP contribution is 2.23. The molecule has 0 bridgehead atoms. The van der Waals surface area contributed by atoms with Crippen molar-refractivity contribution >= 4 is 10.0 Å². The summed E-state index contributed by atoms with van der Waals surface area (Å²) in [6, 6.07) is 7.93. The third-order valence-electron chi connectivity index (χ3n) is 3.19. The van der Waals surface area contributed by atoms with Crippen molar-refractivity contribution in [1.82, 2.24) is 4.31 Å². The molecule has 94 valence electrons. The second-order valence-corrected chi connectivity index (χ2v) is 6.73. The summed E-state index contributed by atoms with van der Waals surface area (Å²) in [6.07, 6.45) is 0.644. The van der Waals surface area contributed by atoms with E-state index in [4.69, 9.17) is 5.73 Å². The molecule has 2 rings (SSSR count). The van der Waals surface area contributed by atoms with Crippen LogP contribution in [0.1, 0.15) is 17.5 Å². The van der Waals surface area contributed by atoms with Crippen LogP contribution in [0.2, 0.25) is 0 Å². The molecule has 17 heavy (non-hydrogen) atoms. The van der Waals surface area contributed by atoms with Gasteiger partial charge in [-0.3, -0.25) is 0 Å². The average Bonchev–Trinajstić information content (AvgIpc) is 2.54.